The second-order valence-electron chi connectivity index (χ2n) is 4.18. The molecule has 3 N–H and O–H groups in total. The fourth-order valence-electron chi connectivity index (χ4n) is 1.68. The summed E-state index contributed by atoms with van der Waals surface area (Å²) in [5, 5.41) is 5.93. The van der Waals surface area contributed by atoms with E-state index in [0.717, 1.165) is 12.1 Å². The molecular weight excluding hydrogens is 289 g/mol. The highest BCUT2D eigenvalue weighted by molar-refractivity contribution is 5.99. The summed E-state index contributed by atoms with van der Waals surface area (Å²) in [6, 6.07) is 3.14. The number of hydrogen-bond donors (Lipinski definition) is 2. The minimum Gasteiger partial charge on any atom is -0.398 e. The van der Waals surface area contributed by atoms with Crippen LogP contribution < -0.4 is 11.1 Å². The van der Waals surface area contributed by atoms with E-state index in [1.54, 1.807) is 6.92 Å². The van der Waals surface area contributed by atoms with Crippen molar-refractivity contribution in [3.63, 3.8) is 0 Å². The molecule has 112 valence electrons. The molecule has 0 atom stereocenters. The topological polar surface area (TPSA) is 94.0 Å². The zero-order valence-corrected chi connectivity index (χ0v) is 10.9. The van der Waals surface area contributed by atoms with E-state index in [-0.39, 0.29) is 17.9 Å². The Bertz CT molecular complexity index is 667. The summed E-state index contributed by atoms with van der Waals surface area (Å²) in [5.74, 6) is -0.217. The number of benzene rings is 1. The van der Waals surface area contributed by atoms with Crippen molar-refractivity contribution in [1.29, 1.82) is 0 Å². The molecule has 0 fully saturated rings. The highest BCUT2D eigenvalue weighted by Gasteiger charge is 2.34. The van der Waals surface area contributed by atoms with Crippen molar-refractivity contribution in [2.45, 2.75) is 19.6 Å². The second-order valence-corrected chi connectivity index (χ2v) is 4.18. The lowest BCUT2D eigenvalue weighted by Gasteiger charge is -2.13. The molecule has 1 amide bonds. The predicted molar refractivity (Wildman–Crippen MR) is 66.1 cm³/mol. The van der Waals surface area contributed by atoms with Crippen molar-refractivity contribution < 1.29 is 22.5 Å². The molecule has 1 aromatic carbocycles. The second kappa shape index (κ2) is 5.43. The quantitative estimate of drug-likeness (QED) is 0.844. The Labute approximate surface area is 117 Å². The van der Waals surface area contributed by atoms with Crippen LogP contribution in [0.4, 0.5) is 18.9 Å². The van der Waals surface area contributed by atoms with Crippen LogP contribution in [0.15, 0.2) is 22.7 Å². The van der Waals surface area contributed by atoms with E-state index in [1.807, 2.05) is 0 Å². The maximum atomic E-state index is 12.7. The number of para-hydroxylation sites is 1. The number of nitrogen functional groups attached to an aromatic ring is 1. The van der Waals surface area contributed by atoms with Gasteiger partial charge in [0, 0.05) is 6.92 Å². The Hall–Kier alpha value is -2.58. The van der Waals surface area contributed by atoms with Gasteiger partial charge in [0.05, 0.1) is 23.4 Å². The van der Waals surface area contributed by atoms with E-state index in [2.05, 4.69) is 15.5 Å². The Morgan fingerprint density at radius 2 is 2.14 bits per heavy atom. The molecule has 0 saturated heterocycles. The average Bonchev–Trinajstić information content (AvgIpc) is 2.80. The third kappa shape index (κ3) is 3.30. The molecule has 2 rings (SSSR count). The van der Waals surface area contributed by atoms with Crippen molar-refractivity contribution in [3.05, 3.63) is 41.0 Å². The zero-order valence-electron chi connectivity index (χ0n) is 10.9. The number of nitrogens with two attached hydrogens (primary N) is 1. The van der Waals surface area contributed by atoms with Crippen LogP contribution in [-0.2, 0) is 12.7 Å². The number of carbonyl (C=O) groups is 1. The highest BCUT2D eigenvalue weighted by Crippen LogP contribution is 2.34. The van der Waals surface area contributed by atoms with Crippen LogP contribution in [0.1, 0.15) is 27.6 Å². The average molecular weight is 300 g/mol. The zero-order chi connectivity index (χ0) is 15.6. The summed E-state index contributed by atoms with van der Waals surface area (Å²) in [5.41, 5.74) is 3.48. The van der Waals surface area contributed by atoms with Gasteiger partial charge < -0.3 is 15.6 Å². The third-order valence-corrected chi connectivity index (χ3v) is 2.63. The number of nitrogens with one attached hydrogen (secondary N) is 1. The van der Waals surface area contributed by atoms with Crippen LogP contribution in [-0.4, -0.2) is 16.0 Å². The van der Waals surface area contributed by atoms with Crippen LogP contribution >= 0.6 is 0 Å². The van der Waals surface area contributed by atoms with Gasteiger partial charge in [0.1, 0.15) is 0 Å². The minimum atomic E-state index is -4.62. The molecular formula is C12H11F3N4O2. The lowest BCUT2D eigenvalue weighted by Crippen LogP contribution is -2.25. The van der Waals surface area contributed by atoms with E-state index >= 15 is 0 Å². The van der Waals surface area contributed by atoms with E-state index in [1.165, 1.54) is 6.07 Å². The van der Waals surface area contributed by atoms with Crippen molar-refractivity contribution in [1.82, 2.24) is 15.5 Å². The molecule has 1 aromatic heterocycles. The molecule has 0 radical (unpaired) electrons. The molecule has 0 bridgehead atoms. The van der Waals surface area contributed by atoms with Crippen molar-refractivity contribution in [2.75, 3.05) is 5.73 Å². The molecule has 2 aromatic rings. The fraction of sp³-hybridized carbons (Fsp3) is 0.250. The van der Waals surface area contributed by atoms with Gasteiger partial charge in [0.25, 0.3) is 5.91 Å². The maximum Gasteiger partial charge on any atom is 0.418 e. The van der Waals surface area contributed by atoms with Crippen LogP contribution in [0.5, 0.6) is 0 Å². The summed E-state index contributed by atoms with van der Waals surface area (Å²) >= 11 is 0. The number of alkyl halides is 3. The molecule has 0 saturated carbocycles. The van der Waals surface area contributed by atoms with Crippen molar-refractivity contribution >= 4 is 11.6 Å². The van der Waals surface area contributed by atoms with Crippen molar-refractivity contribution in [3.8, 4) is 0 Å². The largest absolute Gasteiger partial charge is 0.418 e. The van der Waals surface area contributed by atoms with E-state index in [0.29, 0.717) is 5.89 Å². The summed E-state index contributed by atoms with van der Waals surface area (Å²) in [4.78, 5) is 15.7. The predicted octanol–water partition coefficient (Wildman–Crippen LogP) is 1.91. The number of aromatic nitrogens is 2. The van der Waals surface area contributed by atoms with Gasteiger partial charge in [0.15, 0.2) is 5.82 Å². The number of nitrogens with zero attached hydrogens (tertiary/aromatic N) is 2. The van der Waals surface area contributed by atoms with Gasteiger partial charge in [0.2, 0.25) is 5.89 Å². The minimum absolute atomic E-state index is 0.0775. The molecule has 9 heteroatoms. The number of aryl methyl sites for hydroxylation is 1. The smallest absolute Gasteiger partial charge is 0.398 e. The number of carbonyl (C=O) groups excluding carboxylic acids is 1. The molecule has 6 nitrogen and oxygen atoms in total. The number of halogens is 3. The molecule has 21 heavy (non-hydrogen) atoms. The lowest BCUT2D eigenvalue weighted by atomic mass is 10.1. The molecule has 1 heterocycles. The van der Waals surface area contributed by atoms with Gasteiger partial charge in [-0.05, 0) is 12.1 Å². The molecule has 0 aliphatic rings. The van der Waals surface area contributed by atoms with Crippen molar-refractivity contribution in [2.24, 2.45) is 0 Å². The Balaban J connectivity index is 2.16. The Kier molecular flexibility index (Phi) is 3.83. The van der Waals surface area contributed by atoms with Gasteiger partial charge in [-0.1, -0.05) is 11.2 Å². The number of hydrogen-bond acceptors (Lipinski definition) is 5. The van der Waals surface area contributed by atoms with E-state index in [4.69, 9.17) is 10.3 Å². The first kappa shape index (κ1) is 14.8. The van der Waals surface area contributed by atoms with Gasteiger partial charge >= 0.3 is 6.18 Å². The number of anilines is 1. The van der Waals surface area contributed by atoms with Gasteiger partial charge in [-0.15, -0.1) is 0 Å². The number of rotatable bonds is 3. The maximum absolute atomic E-state index is 12.7. The molecule has 0 unspecified atom stereocenters. The first-order valence-corrected chi connectivity index (χ1v) is 5.82. The monoisotopic (exact) mass is 300 g/mol. The van der Waals surface area contributed by atoms with Crippen LogP contribution in [0.2, 0.25) is 0 Å². The normalized spacial score (nSPS) is 11.4. The van der Waals surface area contributed by atoms with Crippen LogP contribution in [0.3, 0.4) is 0 Å². The summed E-state index contributed by atoms with van der Waals surface area (Å²) in [6.07, 6.45) is -4.62. The van der Waals surface area contributed by atoms with E-state index < -0.39 is 23.3 Å². The lowest BCUT2D eigenvalue weighted by molar-refractivity contribution is -0.136. The molecule has 0 spiro atoms. The SMILES string of the molecule is Cc1nc(CNC(=O)c2cccc(C(F)(F)F)c2N)no1. The van der Waals surface area contributed by atoms with Crippen LogP contribution in [0.25, 0.3) is 0 Å². The fourth-order valence-corrected chi connectivity index (χ4v) is 1.68. The highest BCUT2D eigenvalue weighted by atomic mass is 19.4. The van der Waals surface area contributed by atoms with E-state index in [9.17, 15) is 18.0 Å². The standard InChI is InChI=1S/C12H11F3N4O2/c1-6-18-9(19-21-6)5-17-11(20)7-3-2-4-8(10(7)16)12(13,14)15/h2-4H,5,16H2,1H3,(H,17,20). The van der Waals surface area contributed by atoms with Gasteiger partial charge in [-0.3, -0.25) is 4.79 Å². The third-order valence-electron chi connectivity index (χ3n) is 2.63. The Morgan fingerprint density at radius 1 is 1.43 bits per heavy atom. The summed E-state index contributed by atoms with van der Waals surface area (Å²) in [6.45, 7) is 1.50. The summed E-state index contributed by atoms with van der Waals surface area (Å²) in [7, 11) is 0. The van der Waals surface area contributed by atoms with Crippen LogP contribution in [0, 0.1) is 6.92 Å². The first-order valence-electron chi connectivity index (χ1n) is 5.82. The molecule has 0 aliphatic carbocycles. The number of amides is 1. The molecule has 0 aliphatic heterocycles. The van der Waals surface area contributed by atoms with Gasteiger partial charge in [-0.25, -0.2) is 0 Å². The Morgan fingerprint density at radius 3 is 2.71 bits per heavy atom. The summed E-state index contributed by atoms with van der Waals surface area (Å²) < 4.78 is 42.8. The first-order chi connectivity index (χ1) is 9.79. The van der Waals surface area contributed by atoms with Gasteiger partial charge in [-0.2, -0.15) is 18.2 Å².